The van der Waals surface area contributed by atoms with E-state index in [1.165, 1.54) is 25.7 Å². The average molecular weight is 229 g/mol. The third-order valence-electron chi connectivity index (χ3n) is 2.84. The van der Waals surface area contributed by atoms with Crippen LogP contribution in [-0.2, 0) is 0 Å². The molecule has 88 valence electrons. The lowest BCUT2D eigenvalue weighted by Crippen LogP contribution is -2.38. The van der Waals surface area contributed by atoms with Gasteiger partial charge in [0.1, 0.15) is 0 Å². The molecule has 0 aliphatic carbocycles. The molecule has 0 aromatic heterocycles. The van der Waals surface area contributed by atoms with Crippen LogP contribution in [0, 0.1) is 0 Å². The van der Waals surface area contributed by atoms with Crippen molar-refractivity contribution in [2.75, 3.05) is 25.9 Å². The van der Waals surface area contributed by atoms with Crippen molar-refractivity contribution in [3.05, 3.63) is 0 Å². The molecule has 0 spiro atoms. The molecule has 1 saturated heterocycles. The van der Waals surface area contributed by atoms with Gasteiger partial charge in [0, 0.05) is 18.3 Å². The lowest BCUT2D eigenvalue weighted by Gasteiger charge is -2.21. The molecule has 0 saturated carbocycles. The Kier molecular flexibility index (Phi) is 5.91. The summed E-state index contributed by atoms with van der Waals surface area (Å²) in [6, 6.07) is 0. The summed E-state index contributed by atoms with van der Waals surface area (Å²) in [7, 11) is 0. The number of hydrogen-bond acceptors (Lipinski definition) is 2. The van der Waals surface area contributed by atoms with Crippen LogP contribution >= 0.6 is 11.8 Å². The highest BCUT2D eigenvalue weighted by Crippen LogP contribution is 2.10. The Balaban J connectivity index is 2.39. The molecule has 0 amide bonds. The summed E-state index contributed by atoms with van der Waals surface area (Å²) in [5.74, 6) is 0.748. The smallest absolute Gasteiger partial charge is 0.191 e. The van der Waals surface area contributed by atoms with Gasteiger partial charge in [-0.05, 0) is 19.1 Å². The number of hydrogen-bond donors (Lipinski definition) is 1. The van der Waals surface area contributed by atoms with E-state index in [4.69, 9.17) is 5.73 Å². The minimum Gasteiger partial charge on any atom is -0.370 e. The Labute approximate surface area is 97.5 Å². The van der Waals surface area contributed by atoms with Gasteiger partial charge in [-0.2, -0.15) is 11.8 Å². The first-order valence-corrected chi connectivity index (χ1v) is 7.10. The third kappa shape index (κ3) is 4.78. The standard InChI is InChI=1S/C11H23N3S/c1-10(15-2)9-13-11(12)14-7-5-3-4-6-8-14/h10H,3-9H2,1-2H3,(H2,12,13). The van der Waals surface area contributed by atoms with E-state index in [2.05, 4.69) is 23.1 Å². The van der Waals surface area contributed by atoms with Crippen LogP contribution in [0.2, 0.25) is 0 Å². The highest BCUT2D eigenvalue weighted by Gasteiger charge is 2.10. The van der Waals surface area contributed by atoms with Crippen LogP contribution in [-0.4, -0.2) is 42.0 Å². The zero-order valence-electron chi connectivity index (χ0n) is 9.91. The Morgan fingerprint density at radius 3 is 2.47 bits per heavy atom. The topological polar surface area (TPSA) is 41.6 Å². The summed E-state index contributed by atoms with van der Waals surface area (Å²) in [6.07, 6.45) is 7.31. The third-order valence-corrected chi connectivity index (χ3v) is 3.80. The lowest BCUT2D eigenvalue weighted by molar-refractivity contribution is 0.428. The van der Waals surface area contributed by atoms with E-state index < -0.39 is 0 Å². The van der Waals surface area contributed by atoms with E-state index in [9.17, 15) is 0 Å². The van der Waals surface area contributed by atoms with Crippen LogP contribution in [0.3, 0.4) is 0 Å². The highest BCUT2D eigenvalue weighted by atomic mass is 32.2. The Morgan fingerprint density at radius 1 is 1.33 bits per heavy atom. The molecule has 15 heavy (non-hydrogen) atoms. The molecule has 1 rings (SSSR count). The molecule has 0 bridgehead atoms. The number of nitrogens with two attached hydrogens (primary N) is 1. The van der Waals surface area contributed by atoms with Crippen molar-refractivity contribution < 1.29 is 0 Å². The number of rotatable bonds is 3. The Morgan fingerprint density at radius 2 is 1.93 bits per heavy atom. The van der Waals surface area contributed by atoms with E-state index >= 15 is 0 Å². The van der Waals surface area contributed by atoms with Gasteiger partial charge in [-0.15, -0.1) is 0 Å². The molecule has 1 aliphatic heterocycles. The fourth-order valence-electron chi connectivity index (χ4n) is 1.70. The van der Waals surface area contributed by atoms with Gasteiger partial charge in [0.25, 0.3) is 0 Å². The molecule has 0 radical (unpaired) electrons. The van der Waals surface area contributed by atoms with Crippen molar-refractivity contribution >= 4 is 17.7 Å². The van der Waals surface area contributed by atoms with Crippen molar-refractivity contribution in [1.82, 2.24) is 4.90 Å². The summed E-state index contributed by atoms with van der Waals surface area (Å²) in [6.45, 7) is 5.19. The lowest BCUT2D eigenvalue weighted by atomic mass is 10.2. The Bertz CT molecular complexity index is 198. The molecular formula is C11H23N3S. The first-order chi connectivity index (χ1) is 7.24. The molecule has 3 nitrogen and oxygen atoms in total. The second-order valence-electron chi connectivity index (χ2n) is 4.15. The van der Waals surface area contributed by atoms with Crippen molar-refractivity contribution in [3.8, 4) is 0 Å². The maximum absolute atomic E-state index is 5.99. The molecule has 1 heterocycles. The SMILES string of the molecule is CSC(C)CN=C(N)N1CCCCCC1. The predicted molar refractivity (Wildman–Crippen MR) is 69.5 cm³/mol. The largest absolute Gasteiger partial charge is 0.370 e. The van der Waals surface area contributed by atoms with Crippen LogP contribution in [0.1, 0.15) is 32.6 Å². The van der Waals surface area contributed by atoms with Gasteiger partial charge < -0.3 is 10.6 Å². The van der Waals surface area contributed by atoms with Gasteiger partial charge in [0.2, 0.25) is 0 Å². The fraction of sp³-hybridized carbons (Fsp3) is 0.909. The molecule has 2 N–H and O–H groups in total. The predicted octanol–water partition coefficient (Wildman–Crippen LogP) is 1.93. The van der Waals surface area contributed by atoms with Gasteiger partial charge in [-0.25, -0.2) is 0 Å². The fourth-order valence-corrected chi connectivity index (χ4v) is 1.92. The monoisotopic (exact) mass is 229 g/mol. The molecule has 1 unspecified atom stereocenters. The van der Waals surface area contributed by atoms with E-state index in [1.807, 2.05) is 11.8 Å². The molecule has 4 heteroatoms. The number of thioether (sulfide) groups is 1. The van der Waals surface area contributed by atoms with Crippen molar-refractivity contribution in [2.24, 2.45) is 10.7 Å². The summed E-state index contributed by atoms with van der Waals surface area (Å²) < 4.78 is 0. The van der Waals surface area contributed by atoms with Crippen molar-refractivity contribution in [1.29, 1.82) is 0 Å². The van der Waals surface area contributed by atoms with E-state index in [1.54, 1.807) is 0 Å². The molecule has 1 atom stereocenters. The summed E-state index contributed by atoms with van der Waals surface area (Å²) in [5.41, 5.74) is 5.99. The molecule has 0 aromatic rings. The minimum absolute atomic E-state index is 0.565. The van der Waals surface area contributed by atoms with Gasteiger partial charge in [0.05, 0.1) is 6.54 Å². The van der Waals surface area contributed by atoms with Crippen LogP contribution in [0.15, 0.2) is 4.99 Å². The number of aliphatic imine (C=N–C) groups is 1. The highest BCUT2D eigenvalue weighted by molar-refractivity contribution is 7.99. The maximum atomic E-state index is 5.99. The summed E-state index contributed by atoms with van der Waals surface area (Å²) in [4.78, 5) is 6.70. The number of guanidine groups is 1. The first kappa shape index (κ1) is 12.7. The maximum Gasteiger partial charge on any atom is 0.191 e. The normalized spacial score (nSPS) is 21.2. The van der Waals surface area contributed by atoms with Crippen LogP contribution < -0.4 is 5.73 Å². The van der Waals surface area contributed by atoms with Crippen LogP contribution in [0.5, 0.6) is 0 Å². The quantitative estimate of drug-likeness (QED) is 0.594. The summed E-state index contributed by atoms with van der Waals surface area (Å²) >= 11 is 1.84. The van der Waals surface area contributed by atoms with E-state index in [0.717, 1.165) is 25.6 Å². The number of likely N-dealkylation sites (tertiary alicyclic amines) is 1. The van der Waals surface area contributed by atoms with Gasteiger partial charge in [-0.3, -0.25) is 4.99 Å². The number of nitrogens with zero attached hydrogens (tertiary/aromatic N) is 2. The van der Waals surface area contributed by atoms with Gasteiger partial charge >= 0.3 is 0 Å². The molecule has 0 aromatic carbocycles. The van der Waals surface area contributed by atoms with Crippen molar-refractivity contribution in [2.45, 2.75) is 37.9 Å². The minimum atomic E-state index is 0.565. The van der Waals surface area contributed by atoms with E-state index in [-0.39, 0.29) is 0 Å². The summed E-state index contributed by atoms with van der Waals surface area (Å²) in [5, 5.41) is 0.565. The van der Waals surface area contributed by atoms with Crippen LogP contribution in [0.25, 0.3) is 0 Å². The zero-order chi connectivity index (χ0) is 11.1. The second kappa shape index (κ2) is 6.99. The van der Waals surface area contributed by atoms with Gasteiger partial charge in [-0.1, -0.05) is 19.8 Å². The average Bonchev–Trinajstić information content (AvgIpc) is 2.53. The zero-order valence-corrected chi connectivity index (χ0v) is 10.7. The van der Waals surface area contributed by atoms with Gasteiger partial charge in [0.15, 0.2) is 5.96 Å². The molecule has 1 aliphatic rings. The first-order valence-electron chi connectivity index (χ1n) is 5.81. The molecular weight excluding hydrogens is 206 g/mol. The Hall–Kier alpha value is -0.380. The second-order valence-corrected chi connectivity index (χ2v) is 5.42. The van der Waals surface area contributed by atoms with Crippen LogP contribution in [0.4, 0.5) is 0 Å². The van der Waals surface area contributed by atoms with E-state index in [0.29, 0.717) is 5.25 Å². The van der Waals surface area contributed by atoms with Crippen molar-refractivity contribution in [3.63, 3.8) is 0 Å². The molecule has 1 fully saturated rings.